The van der Waals surface area contributed by atoms with Gasteiger partial charge < -0.3 is 9.40 Å². The van der Waals surface area contributed by atoms with Crippen LogP contribution in [0.4, 0.5) is 0 Å². The highest BCUT2D eigenvalue weighted by molar-refractivity contribution is 6.06. The number of benzene rings is 2. The number of rotatable bonds is 2. The lowest BCUT2D eigenvalue weighted by Crippen LogP contribution is -2.05. The molecule has 26 heavy (non-hydrogen) atoms. The van der Waals surface area contributed by atoms with Gasteiger partial charge >= 0.3 is 0 Å². The fourth-order valence-corrected chi connectivity index (χ4v) is 3.29. The molecule has 4 heteroatoms. The largest absolute Gasteiger partial charge is 0.438 e. The van der Waals surface area contributed by atoms with Gasteiger partial charge in [-0.15, -0.1) is 0 Å². The predicted octanol–water partition coefficient (Wildman–Crippen LogP) is 5.12. The van der Waals surface area contributed by atoms with Gasteiger partial charge in [0.2, 0.25) is 5.71 Å². The summed E-state index contributed by atoms with van der Waals surface area (Å²) < 4.78 is 6.03. The van der Waals surface area contributed by atoms with Crippen LogP contribution >= 0.6 is 0 Å². The molecule has 0 saturated heterocycles. The van der Waals surface area contributed by atoms with Crippen LogP contribution in [0.1, 0.15) is 0 Å². The summed E-state index contributed by atoms with van der Waals surface area (Å²) in [7, 11) is 0. The quantitative estimate of drug-likeness (QED) is 0.469. The molecule has 0 saturated carbocycles. The Bertz CT molecular complexity index is 1190. The molecule has 5 rings (SSSR count). The zero-order chi connectivity index (χ0) is 17.5. The maximum Gasteiger partial charge on any atom is 0.231 e. The van der Waals surface area contributed by atoms with E-state index in [1.807, 2.05) is 54.6 Å². The van der Waals surface area contributed by atoms with E-state index in [2.05, 4.69) is 28.2 Å². The molecule has 2 N–H and O–H groups in total. The van der Waals surface area contributed by atoms with Crippen molar-refractivity contribution in [3.63, 3.8) is 0 Å². The molecule has 4 nitrogen and oxygen atoms in total. The number of aromatic nitrogens is 2. The van der Waals surface area contributed by atoms with Crippen LogP contribution in [0.2, 0.25) is 0 Å². The molecule has 0 unspecified atom stereocenters. The summed E-state index contributed by atoms with van der Waals surface area (Å²) in [6.45, 7) is 0. The Kier molecular flexibility index (Phi) is 3.22. The van der Waals surface area contributed by atoms with E-state index in [4.69, 9.17) is 9.83 Å². The Balaban J connectivity index is 1.87. The van der Waals surface area contributed by atoms with E-state index in [0.717, 1.165) is 38.9 Å². The highest BCUT2D eigenvalue weighted by atomic mass is 16.3. The highest BCUT2D eigenvalue weighted by Gasteiger charge is 2.12. The summed E-state index contributed by atoms with van der Waals surface area (Å²) in [6.07, 6.45) is 0. The molecule has 3 heterocycles. The summed E-state index contributed by atoms with van der Waals surface area (Å²) in [5.41, 5.74) is 4.57. The van der Waals surface area contributed by atoms with Crippen molar-refractivity contribution in [1.29, 1.82) is 5.41 Å². The molecular weight excluding hydrogens is 322 g/mol. The fraction of sp³-hybridized carbons (Fsp3) is 0. The predicted molar refractivity (Wildman–Crippen MR) is 103 cm³/mol. The fourth-order valence-electron chi connectivity index (χ4n) is 3.29. The number of hydrogen-bond donors (Lipinski definition) is 2. The number of hydrogen-bond acceptors (Lipinski definition) is 3. The average Bonchev–Trinajstić information content (AvgIpc) is 2.68. The molecule has 0 bridgehead atoms. The number of aromatic amines is 1. The van der Waals surface area contributed by atoms with Crippen molar-refractivity contribution in [2.24, 2.45) is 0 Å². The van der Waals surface area contributed by atoms with Crippen LogP contribution in [0.15, 0.2) is 83.3 Å². The maximum absolute atomic E-state index is 8.03. The van der Waals surface area contributed by atoms with Gasteiger partial charge in [-0.05, 0) is 23.1 Å². The third-order valence-corrected chi connectivity index (χ3v) is 4.48. The van der Waals surface area contributed by atoms with Gasteiger partial charge in [0.1, 0.15) is 5.76 Å². The third-order valence-electron chi connectivity index (χ3n) is 4.48. The van der Waals surface area contributed by atoms with E-state index in [-0.39, 0.29) is 5.49 Å². The molecular formula is C22H15N3O. The van der Waals surface area contributed by atoms with Crippen molar-refractivity contribution in [1.82, 2.24) is 9.97 Å². The second kappa shape index (κ2) is 5.70. The van der Waals surface area contributed by atoms with Crippen LogP contribution in [-0.2, 0) is 0 Å². The average molecular weight is 337 g/mol. The van der Waals surface area contributed by atoms with Crippen molar-refractivity contribution in [2.75, 3.05) is 0 Å². The zero-order valence-corrected chi connectivity index (χ0v) is 13.9. The van der Waals surface area contributed by atoms with Gasteiger partial charge in [-0.2, -0.15) is 4.98 Å². The zero-order valence-electron chi connectivity index (χ0n) is 13.9. The van der Waals surface area contributed by atoms with E-state index >= 15 is 0 Å². The molecule has 0 amide bonds. The molecule has 0 fully saturated rings. The van der Waals surface area contributed by atoms with Crippen LogP contribution in [0, 0.1) is 5.41 Å². The normalized spacial score (nSPS) is 11.2. The lowest BCUT2D eigenvalue weighted by Gasteiger charge is -2.11. The van der Waals surface area contributed by atoms with Crippen molar-refractivity contribution < 1.29 is 4.42 Å². The number of pyridine rings is 2. The summed E-state index contributed by atoms with van der Waals surface area (Å²) in [5.74, 6) is 0.739. The SMILES string of the molecule is N=c1cc2[nH]c(-c3ccccc3)cc3cc(-c4ccccc4)oc(n1)c32. The smallest absolute Gasteiger partial charge is 0.231 e. The van der Waals surface area contributed by atoms with E-state index in [0.29, 0.717) is 5.71 Å². The van der Waals surface area contributed by atoms with Crippen molar-refractivity contribution >= 4 is 22.0 Å². The van der Waals surface area contributed by atoms with Crippen molar-refractivity contribution in [2.45, 2.75) is 0 Å². The van der Waals surface area contributed by atoms with Gasteiger partial charge in [-0.25, -0.2) is 0 Å². The number of nitrogens with zero attached hydrogens (tertiary/aromatic N) is 1. The van der Waals surface area contributed by atoms with E-state index in [1.54, 1.807) is 6.07 Å². The molecule has 0 aliphatic heterocycles. The minimum Gasteiger partial charge on any atom is -0.438 e. The van der Waals surface area contributed by atoms with Gasteiger partial charge in [-0.3, -0.25) is 5.41 Å². The van der Waals surface area contributed by atoms with Crippen LogP contribution in [0.5, 0.6) is 0 Å². The minimum absolute atomic E-state index is 0.175. The van der Waals surface area contributed by atoms with Crippen LogP contribution in [-0.4, -0.2) is 9.97 Å². The molecule has 124 valence electrons. The molecule has 3 aromatic heterocycles. The van der Waals surface area contributed by atoms with Gasteiger partial charge in [0.15, 0.2) is 5.49 Å². The topological polar surface area (TPSA) is 65.7 Å². The van der Waals surface area contributed by atoms with Crippen LogP contribution in [0.3, 0.4) is 0 Å². The molecule has 0 atom stereocenters. The Morgan fingerprint density at radius 2 is 1.50 bits per heavy atom. The van der Waals surface area contributed by atoms with Crippen molar-refractivity contribution in [3.8, 4) is 22.6 Å². The summed E-state index contributed by atoms with van der Waals surface area (Å²) in [5, 5.41) is 9.97. The van der Waals surface area contributed by atoms with Crippen LogP contribution in [0.25, 0.3) is 44.6 Å². The molecule has 5 aromatic rings. The highest BCUT2D eigenvalue weighted by Crippen LogP contribution is 2.32. The second-order valence-electron chi connectivity index (χ2n) is 6.22. The first-order valence-corrected chi connectivity index (χ1v) is 8.41. The Morgan fingerprint density at radius 1 is 0.808 bits per heavy atom. The van der Waals surface area contributed by atoms with E-state index in [9.17, 15) is 0 Å². The lowest BCUT2D eigenvalue weighted by atomic mass is 10.0. The number of nitrogens with one attached hydrogen (secondary N) is 2. The van der Waals surface area contributed by atoms with E-state index < -0.39 is 0 Å². The second-order valence-corrected chi connectivity index (χ2v) is 6.22. The molecule has 0 radical (unpaired) electrons. The van der Waals surface area contributed by atoms with Gasteiger partial charge in [0, 0.05) is 17.3 Å². The maximum atomic E-state index is 8.03. The number of H-pyrrole nitrogens is 1. The first-order chi connectivity index (χ1) is 12.8. The first-order valence-electron chi connectivity index (χ1n) is 8.41. The third kappa shape index (κ3) is 2.40. The molecule has 0 aliphatic carbocycles. The minimum atomic E-state index is 0.175. The molecule has 0 aliphatic rings. The first kappa shape index (κ1) is 14.7. The van der Waals surface area contributed by atoms with Gasteiger partial charge in [0.05, 0.1) is 10.9 Å². The molecule has 0 spiro atoms. The van der Waals surface area contributed by atoms with Gasteiger partial charge in [-0.1, -0.05) is 60.7 Å². The van der Waals surface area contributed by atoms with E-state index in [1.165, 1.54) is 0 Å². The van der Waals surface area contributed by atoms with Gasteiger partial charge in [0.25, 0.3) is 0 Å². The summed E-state index contributed by atoms with van der Waals surface area (Å²) in [6, 6.07) is 26.0. The standard InChI is InChI=1S/C22H15N3O/c23-20-13-18-21-16(11-17(24-18)14-7-3-1-4-8-14)12-19(26-22(21)25-20)15-9-5-2-6-10-15/h1-13,23-24H. The summed E-state index contributed by atoms with van der Waals surface area (Å²) >= 11 is 0. The Morgan fingerprint density at radius 3 is 2.23 bits per heavy atom. The lowest BCUT2D eigenvalue weighted by molar-refractivity contribution is 0.606. The Labute approximate surface area is 149 Å². The monoisotopic (exact) mass is 337 g/mol. The van der Waals surface area contributed by atoms with Crippen molar-refractivity contribution in [3.05, 3.63) is 84.4 Å². The summed E-state index contributed by atoms with van der Waals surface area (Å²) in [4.78, 5) is 7.71. The Hall–Kier alpha value is -3.66. The van der Waals surface area contributed by atoms with Crippen LogP contribution < -0.4 is 5.49 Å². The molecule has 2 aromatic carbocycles.